The van der Waals surface area contributed by atoms with E-state index in [1.54, 1.807) is 18.3 Å². The van der Waals surface area contributed by atoms with E-state index in [1.807, 2.05) is 17.0 Å². The van der Waals surface area contributed by atoms with Gasteiger partial charge in [0.25, 0.3) is 0 Å². The number of amides is 2. The number of anilines is 1. The van der Waals surface area contributed by atoms with E-state index in [9.17, 15) is 4.79 Å². The first-order valence-electron chi connectivity index (χ1n) is 10.4. The van der Waals surface area contributed by atoms with E-state index in [0.717, 1.165) is 30.6 Å². The molecular weight excluding hydrogens is 364 g/mol. The van der Waals surface area contributed by atoms with E-state index in [0.29, 0.717) is 24.8 Å². The van der Waals surface area contributed by atoms with Crippen molar-refractivity contribution in [2.75, 3.05) is 18.4 Å². The number of urea groups is 1. The zero-order chi connectivity index (χ0) is 20.6. The Morgan fingerprint density at radius 3 is 2.97 bits per heavy atom. The minimum atomic E-state index is -0.128. The lowest BCUT2D eigenvalue weighted by Gasteiger charge is -2.33. The van der Waals surface area contributed by atoms with Crippen LogP contribution in [0.15, 0.2) is 48.2 Å². The molecule has 2 unspecified atom stereocenters. The summed E-state index contributed by atoms with van der Waals surface area (Å²) < 4.78 is 6.02. The van der Waals surface area contributed by atoms with Gasteiger partial charge >= 0.3 is 6.03 Å². The van der Waals surface area contributed by atoms with Crippen LogP contribution >= 0.6 is 0 Å². The number of hydrogen-bond acceptors (Lipinski definition) is 4. The summed E-state index contributed by atoms with van der Waals surface area (Å²) in [4.78, 5) is 14.3. The van der Waals surface area contributed by atoms with E-state index in [2.05, 4.69) is 54.5 Å². The summed E-state index contributed by atoms with van der Waals surface area (Å²) in [6.45, 7) is 7.81. The molecule has 0 spiro atoms. The van der Waals surface area contributed by atoms with Gasteiger partial charge in [-0.15, -0.1) is 5.10 Å². The SMILES string of the molecule is CCCC(C)Oc1cccc(C=C2CCN(C(=O)Nc3cccnn3)CC2C)c1. The topological polar surface area (TPSA) is 67.3 Å². The largest absolute Gasteiger partial charge is 0.491 e. The number of aromatic nitrogens is 2. The molecule has 29 heavy (non-hydrogen) atoms. The molecule has 0 radical (unpaired) electrons. The van der Waals surface area contributed by atoms with Crippen LogP contribution in [-0.4, -0.2) is 40.3 Å². The second-order valence-corrected chi connectivity index (χ2v) is 7.65. The molecule has 1 aromatic heterocycles. The van der Waals surface area contributed by atoms with Gasteiger partial charge in [-0.3, -0.25) is 5.32 Å². The Morgan fingerprint density at radius 1 is 1.38 bits per heavy atom. The molecule has 1 fully saturated rings. The first-order valence-corrected chi connectivity index (χ1v) is 10.4. The molecule has 2 heterocycles. The molecule has 6 nitrogen and oxygen atoms in total. The molecule has 1 aliphatic heterocycles. The quantitative estimate of drug-likeness (QED) is 0.748. The number of ether oxygens (including phenoxy) is 1. The highest BCUT2D eigenvalue weighted by Gasteiger charge is 2.24. The van der Waals surface area contributed by atoms with Gasteiger partial charge in [-0.25, -0.2) is 4.79 Å². The van der Waals surface area contributed by atoms with E-state index < -0.39 is 0 Å². The second-order valence-electron chi connectivity index (χ2n) is 7.65. The monoisotopic (exact) mass is 394 g/mol. The molecule has 2 atom stereocenters. The lowest BCUT2D eigenvalue weighted by atomic mass is 9.91. The molecule has 3 rings (SSSR count). The maximum absolute atomic E-state index is 12.5. The minimum absolute atomic E-state index is 0.128. The average molecular weight is 395 g/mol. The van der Waals surface area contributed by atoms with Crippen LogP contribution in [0.1, 0.15) is 45.6 Å². The van der Waals surface area contributed by atoms with Crippen LogP contribution in [0.4, 0.5) is 10.6 Å². The minimum Gasteiger partial charge on any atom is -0.491 e. The van der Waals surface area contributed by atoms with Crippen molar-refractivity contribution in [3.8, 4) is 5.75 Å². The van der Waals surface area contributed by atoms with E-state index >= 15 is 0 Å². The van der Waals surface area contributed by atoms with Gasteiger partial charge in [0.05, 0.1) is 6.10 Å². The number of nitrogens with zero attached hydrogens (tertiary/aromatic N) is 3. The molecule has 0 bridgehead atoms. The van der Waals surface area contributed by atoms with Crippen LogP contribution in [0, 0.1) is 5.92 Å². The number of carbonyl (C=O) groups is 1. The molecule has 0 saturated carbocycles. The summed E-state index contributed by atoms with van der Waals surface area (Å²) in [6.07, 6.45) is 7.06. The summed E-state index contributed by atoms with van der Waals surface area (Å²) in [5.41, 5.74) is 2.50. The van der Waals surface area contributed by atoms with Crippen molar-refractivity contribution in [1.29, 1.82) is 0 Å². The van der Waals surface area contributed by atoms with Crippen molar-refractivity contribution in [2.24, 2.45) is 5.92 Å². The maximum Gasteiger partial charge on any atom is 0.323 e. The Balaban J connectivity index is 1.60. The fourth-order valence-corrected chi connectivity index (χ4v) is 3.59. The molecule has 6 heteroatoms. The smallest absolute Gasteiger partial charge is 0.323 e. The average Bonchev–Trinajstić information content (AvgIpc) is 2.70. The van der Waals surface area contributed by atoms with Gasteiger partial charge in [-0.05, 0) is 55.5 Å². The van der Waals surface area contributed by atoms with Gasteiger partial charge in [-0.2, -0.15) is 5.10 Å². The number of nitrogens with one attached hydrogen (secondary N) is 1. The fourth-order valence-electron chi connectivity index (χ4n) is 3.59. The fraction of sp³-hybridized carbons (Fsp3) is 0.435. The predicted octanol–water partition coefficient (Wildman–Crippen LogP) is 5.00. The molecule has 2 amide bonds. The second kappa shape index (κ2) is 10.0. The van der Waals surface area contributed by atoms with Gasteiger partial charge in [-0.1, -0.05) is 44.1 Å². The lowest BCUT2D eigenvalue weighted by Crippen LogP contribution is -2.42. The molecule has 1 aromatic carbocycles. The Morgan fingerprint density at radius 2 is 2.24 bits per heavy atom. The summed E-state index contributed by atoms with van der Waals surface area (Å²) >= 11 is 0. The number of hydrogen-bond donors (Lipinski definition) is 1. The molecule has 2 aromatic rings. The highest BCUT2D eigenvalue weighted by Crippen LogP contribution is 2.26. The Kier molecular flexibility index (Phi) is 7.22. The number of likely N-dealkylation sites (tertiary alicyclic amines) is 1. The van der Waals surface area contributed by atoms with Crippen LogP contribution < -0.4 is 10.1 Å². The molecule has 1 aliphatic rings. The lowest BCUT2D eigenvalue weighted by molar-refractivity contribution is 0.197. The molecule has 1 saturated heterocycles. The van der Waals surface area contributed by atoms with Crippen LogP contribution in [0.3, 0.4) is 0 Å². The molecule has 0 aliphatic carbocycles. The third-order valence-corrected chi connectivity index (χ3v) is 5.13. The van der Waals surface area contributed by atoms with E-state index in [1.165, 1.54) is 5.57 Å². The van der Waals surface area contributed by atoms with Crippen LogP contribution in [-0.2, 0) is 0 Å². The third-order valence-electron chi connectivity index (χ3n) is 5.13. The number of carbonyl (C=O) groups excluding carboxylic acids is 1. The van der Waals surface area contributed by atoms with Gasteiger partial charge in [0.1, 0.15) is 5.75 Å². The molecule has 1 N–H and O–H groups in total. The number of piperidine rings is 1. The van der Waals surface area contributed by atoms with Crippen molar-refractivity contribution in [1.82, 2.24) is 15.1 Å². The zero-order valence-electron chi connectivity index (χ0n) is 17.5. The summed E-state index contributed by atoms with van der Waals surface area (Å²) in [5.74, 6) is 1.68. The van der Waals surface area contributed by atoms with Crippen molar-refractivity contribution in [3.05, 3.63) is 53.7 Å². The normalized spacial score (nSPS) is 19.1. The Labute approximate surface area is 173 Å². The van der Waals surface area contributed by atoms with Gasteiger partial charge in [0, 0.05) is 19.3 Å². The van der Waals surface area contributed by atoms with Gasteiger partial charge in [0.15, 0.2) is 5.82 Å². The third kappa shape index (κ3) is 6.04. The van der Waals surface area contributed by atoms with E-state index in [4.69, 9.17) is 4.74 Å². The molecular formula is C23H30N4O2. The first kappa shape index (κ1) is 20.8. The van der Waals surface area contributed by atoms with Crippen LogP contribution in [0.5, 0.6) is 5.75 Å². The zero-order valence-corrected chi connectivity index (χ0v) is 17.5. The first-order chi connectivity index (χ1) is 14.0. The maximum atomic E-state index is 12.5. The molecule has 154 valence electrons. The Hall–Kier alpha value is -2.89. The standard InChI is InChI=1S/C23H30N4O2/c1-4-7-18(3)29-21-9-5-8-19(15-21)14-20-11-13-27(16-17(20)2)23(28)25-22-10-6-12-24-26-22/h5-6,8-10,12,14-15,17-18H,4,7,11,13,16H2,1-3H3,(H,25,26,28). The summed E-state index contributed by atoms with van der Waals surface area (Å²) in [7, 11) is 0. The van der Waals surface area contributed by atoms with Crippen LogP contribution in [0.25, 0.3) is 6.08 Å². The highest BCUT2D eigenvalue weighted by molar-refractivity contribution is 5.88. The Bertz CT molecular complexity index is 838. The van der Waals surface area contributed by atoms with Crippen molar-refractivity contribution >= 4 is 17.9 Å². The van der Waals surface area contributed by atoms with Gasteiger partial charge < -0.3 is 9.64 Å². The predicted molar refractivity (Wildman–Crippen MR) is 116 cm³/mol. The number of rotatable bonds is 6. The summed E-state index contributed by atoms with van der Waals surface area (Å²) in [6, 6.07) is 11.6. The highest BCUT2D eigenvalue weighted by atomic mass is 16.5. The van der Waals surface area contributed by atoms with Gasteiger partial charge in [0.2, 0.25) is 0 Å². The van der Waals surface area contributed by atoms with Crippen LogP contribution in [0.2, 0.25) is 0 Å². The van der Waals surface area contributed by atoms with Crippen molar-refractivity contribution < 1.29 is 9.53 Å². The van der Waals surface area contributed by atoms with Crippen molar-refractivity contribution in [3.63, 3.8) is 0 Å². The van der Waals surface area contributed by atoms with E-state index in [-0.39, 0.29) is 12.1 Å². The number of benzene rings is 1. The summed E-state index contributed by atoms with van der Waals surface area (Å²) in [5, 5.41) is 10.5. The van der Waals surface area contributed by atoms with Crippen molar-refractivity contribution in [2.45, 2.75) is 46.1 Å².